The Labute approximate surface area is 150 Å². The second-order valence-corrected chi connectivity index (χ2v) is 7.18. The molecule has 0 radical (unpaired) electrons. The van der Waals surface area contributed by atoms with E-state index in [-0.39, 0.29) is 0 Å². The number of nitrogens with zero attached hydrogens (tertiary/aromatic N) is 1. The second kappa shape index (κ2) is 5.83. The maximum Gasteiger partial charge on any atom is 0.123 e. The van der Waals surface area contributed by atoms with Crippen molar-refractivity contribution in [3.05, 3.63) is 91.1 Å². The van der Waals surface area contributed by atoms with E-state index in [9.17, 15) is 0 Å². The SMILES string of the molecule is c1ccc2cc(-c3cnc(-c4ccc5ccccc5c4)s3)ccc2c1. The zero-order chi connectivity index (χ0) is 16.6. The number of fused-ring (bicyclic) bond motifs is 2. The molecule has 0 aliphatic rings. The number of hydrogen-bond acceptors (Lipinski definition) is 2. The Bertz CT molecular complexity index is 1110. The minimum atomic E-state index is 1.06. The number of rotatable bonds is 2. The van der Waals surface area contributed by atoms with Gasteiger partial charge in [-0.15, -0.1) is 11.3 Å². The summed E-state index contributed by atoms with van der Waals surface area (Å²) in [5.41, 5.74) is 2.40. The van der Waals surface area contributed by atoms with Gasteiger partial charge in [0.15, 0.2) is 0 Å². The molecule has 1 nitrogen and oxygen atoms in total. The average Bonchev–Trinajstić information content (AvgIpc) is 3.17. The van der Waals surface area contributed by atoms with Gasteiger partial charge in [-0.25, -0.2) is 4.98 Å². The summed E-state index contributed by atoms with van der Waals surface area (Å²) in [6.45, 7) is 0. The zero-order valence-corrected chi connectivity index (χ0v) is 14.3. The van der Waals surface area contributed by atoms with Crippen molar-refractivity contribution in [2.24, 2.45) is 0 Å². The van der Waals surface area contributed by atoms with Gasteiger partial charge >= 0.3 is 0 Å². The van der Waals surface area contributed by atoms with Crippen molar-refractivity contribution in [1.29, 1.82) is 0 Å². The van der Waals surface area contributed by atoms with Crippen LogP contribution in [0.3, 0.4) is 0 Å². The third-order valence-corrected chi connectivity index (χ3v) is 5.63. The Hall–Kier alpha value is -2.97. The van der Waals surface area contributed by atoms with Gasteiger partial charge in [-0.1, -0.05) is 72.8 Å². The predicted molar refractivity (Wildman–Crippen MR) is 108 cm³/mol. The van der Waals surface area contributed by atoms with Crippen LogP contribution in [0.5, 0.6) is 0 Å². The Morgan fingerprint density at radius 2 is 1.12 bits per heavy atom. The third kappa shape index (κ3) is 2.61. The van der Waals surface area contributed by atoms with Gasteiger partial charge in [0.05, 0.1) is 4.88 Å². The molecule has 1 heterocycles. The summed E-state index contributed by atoms with van der Waals surface area (Å²) in [5, 5.41) is 6.11. The first-order valence-electron chi connectivity index (χ1n) is 8.31. The van der Waals surface area contributed by atoms with Gasteiger partial charge in [-0.2, -0.15) is 0 Å². The lowest BCUT2D eigenvalue weighted by Gasteiger charge is -2.01. The molecule has 4 aromatic carbocycles. The van der Waals surface area contributed by atoms with Crippen molar-refractivity contribution in [2.75, 3.05) is 0 Å². The van der Waals surface area contributed by atoms with E-state index in [1.54, 1.807) is 11.3 Å². The molecule has 5 rings (SSSR count). The Morgan fingerprint density at radius 1 is 0.560 bits per heavy atom. The van der Waals surface area contributed by atoms with Crippen LogP contribution in [0.1, 0.15) is 0 Å². The van der Waals surface area contributed by atoms with Crippen molar-refractivity contribution in [3.63, 3.8) is 0 Å². The maximum atomic E-state index is 4.67. The molecule has 2 heteroatoms. The largest absolute Gasteiger partial charge is 0.244 e. The van der Waals surface area contributed by atoms with Crippen LogP contribution in [-0.2, 0) is 0 Å². The molecule has 0 spiro atoms. The van der Waals surface area contributed by atoms with Crippen LogP contribution in [0.15, 0.2) is 91.1 Å². The number of aromatic nitrogens is 1. The standard InChI is InChI=1S/C23H15NS/c1-3-7-18-13-20(11-9-16(18)5-1)22-15-24-23(25-22)21-12-10-17-6-2-4-8-19(17)14-21/h1-15H. The van der Waals surface area contributed by atoms with E-state index < -0.39 is 0 Å². The molecule has 0 atom stereocenters. The highest BCUT2D eigenvalue weighted by molar-refractivity contribution is 7.18. The molecule has 0 amide bonds. The first-order valence-corrected chi connectivity index (χ1v) is 9.13. The smallest absolute Gasteiger partial charge is 0.123 e. The van der Waals surface area contributed by atoms with Gasteiger partial charge in [0.25, 0.3) is 0 Å². The molecule has 1 aromatic heterocycles. The van der Waals surface area contributed by atoms with Gasteiger partial charge in [0, 0.05) is 11.8 Å². The van der Waals surface area contributed by atoms with E-state index in [1.165, 1.54) is 37.5 Å². The van der Waals surface area contributed by atoms with Crippen LogP contribution in [-0.4, -0.2) is 4.98 Å². The molecule has 0 saturated carbocycles. The lowest BCUT2D eigenvalue weighted by molar-refractivity contribution is 1.42. The van der Waals surface area contributed by atoms with Crippen LogP contribution in [0.4, 0.5) is 0 Å². The van der Waals surface area contributed by atoms with E-state index in [1.807, 2.05) is 6.20 Å². The Kier molecular flexibility index (Phi) is 3.36. The predicted octanol–water partition coefficient (Wildman–Crippen LogP) is 6.78. The summed E-state index contributed by atoms with van der Waals surface area (Å²) in [6.07, 6.45) is 1.99. The maximum absolute atomic E-state index is 4.67. The Balaban J connectivity index is 1.57. The highest BCUT2D eigenvalue weighted by Crippen LogP contribution is 2.34. The molecule has 0 aliphatic carbocycles. The van der Waals surface area contributed by atoms with Gasteiger partial charge in [0.2, 0.25) is 0 Å². The second-order valence-electron chi connectivity index (χ2n) is 6.15. The van der Waals surface area contributed by atoms with Crippen LogP contribution < -0.4 is 0 Å². The molecule has 0 fully saturated rings. The number of thiazole rings is 1. The Morgan fingerprint density at radius 3 is 1.80 bits per heavy atom. The molecular weight excluding hydrogens is 322 g/mol. The molecule has 0 N–H and O–H groups in total. The average molecular weight is 337 g/mol. The van der Waals surface area contributed by atoms with Crippen LogP contribution in [0.2, 0.25) is 0 Å². The monoisotopic (exact) mass is 337 g/mol. The first kappa shape index (κ1) is 14.4. The fourth-order valence-electron chi connectivity index (χ4n) is 3.21. The van der Waals surface area contributed by atoms with E-state index in [0.717, 1.165) is 5.01 Å². The van der Waals surface area contributed by atoms with Crippen LogP contribution in [0.25, 0.3) is 42.6 Å². The van der Waals surface area contributed by atoms with Gasteiger partial charge in [0.1, 0.15) is 5.01 Å². The van der Waals surface area contributed by atoms with Crippen molar-refractivity contribution in [1.82, 2.24) is 4.98 Å². The highest BCUT2D eigenvalue weighted by atomic mass is 32.1. The molecule has 5 aromatic rings. The molecule has 0 aliphatic heterocycles. The summed E-state index contributed by atoms with van der Waals surface area (Å²) in [4.78, 5) is 5.87. The quantitative estimate of drug-likeness (QED) is 0.346. The molecule has 118 valence electrons. The van der Waals surface area contributed by atoms with Crippen LogP contribution in [0, 0.1) is 0 Å². The minimum Gasteiger partial charge on any atom is -0.244 e. The van der Waals surface area contributed by atoms with Crippen molar-refractivity contribution < 1.29 is 0 Å². The number of hydrogen-bond donors (Lipinski definition) is 0. The van der Waals surface area contributed by atoms with Gasteiger partial charge in [-0.3, -0.25) is 0 Å². The summed E-state index contributed by atoms with van der Waals surface area (Å²) in [5.74, 6) is 0. The summed E-state index contributed by atoms with van der Waals surface area (Å²) >= 11 is 1.75. The summed E-state index contributed by atoms with van der Waals surface area (Å²) in [7, 11) is 0. The van der Waals surface area contributed by atoms with Crippen molar-refractivity contribution >= 4 is 32.9 Å². The van der Waals surface area contributed by atoms with Crippen LogP contribution >= 0.6 is 11.3 Å². The lowest BCUT2D eigenvalue weighted by Crippen LogP contribution is -1.76. The molecule has 0 unspecified atom stereocenters. The fourth-order valence-corrected chi connectivity index (χ4v) is 4.11. The van der Waals surface area contributed by atoms with E-state index in [0.29, 0.717) is 0 Å². The van der Waals surface area contributed by atoms with E-state index >= 15 is 0 Å². The molecule has 0 saturated heterocycles. The molecular formula is C23H15NS. The van der Waals surface area contributed by atoms with E-state index in [2.05, 4.69) is 89.9 Å². The molecule has 25 heavy (non-hydrogen) atoms. The minimum absolute atomic E-state index is 1.06. The van der Waals surface area contributed by atoms with Gasteiger partial charge < -0.3 is 0 Å². The number of benzene rings is 4. The summed E-state index contributed by atoms with van der Waals surface area (Å²) in [6, 6.07) is 30.1. The first-order chi connectivity index (χ1) is 12.4. The summed E-state index contributed by atoms with van der Waals surface area (Å²) < 4.78 is 0. The fraction of sp³-hybridized carbons (Fsp3) is 0. The topological polar surface area (TPSA) is 12.9 Å². The van der Waals surface area contributed by atoms with Crippen molar-refractivity contribution in [3.8, 4) is 21.0 Å². The lowest BCUT2D eigenvalue weighted by atomic mass is 10.1. The normalized spacial score (nSPS) is 11.2. The van der Waals surface area contributed by atoms with Gasteiger partial charge in [-0.05, 0) is 39.2 Å². The third-order valence-electron chi connectivity index (χ3n) is 4.54. The highest BCUT2D eigenvalue weighted by Gasteiger charge is 2.08. The zero-order valence-electron chi connectivity index (χ0n) is 13.5. The van der Waals surface area contributed by atoms with Crippen molar-refractivity contribution in [2.45, 2.75) is 0 Å². The van der Waals surface area contributed by atoms with E-state index in [4.69, 9.17) is 0 Å². The molecule has 0 bridgehead atoms.